The third kappa shape index (κ3) is 3.47. The van der Waals surface area contributed by atoms with Crippen molar-refractivity contribution >= 4 is 40.5 Å². The summed E-state index contributed by atoms with van der Waals surface area (Å²) in [6.07, 6.45) is -0.468. The average Bonchev–Trinajstić information content (AvgIpc) is 2.70. The second-order valence-corrected chi connectivity index (χ2v) is 6.66. The van der Waals surface area contributed by atoms with E-state index in [4.69, 9.17) is 23.2 Å². The molecule has 1 heterocycles. The molecule has 1 aliphatic rings. The summed E-state index contributed by atoms with van der Waals surface area (Å²) in [5, 5.41) is 11.0. The predicted octanol–water partition coefficient (Wildman–Crippen LogP) is 2.68. The first-order valence-corrected chi connectivity index (χ1v) is 8.60. The third-order valence-corrected chi connectivity index (χ3v) is 4.58. The molecule has 1 amide bonds. The van der Waals surface area contributed by atoms with Crippen LogP contribution in [0.15, 0.2) is 54.2 Å². The maximum Gasteiger partial charge on any atom is 0.306 e. The lowest BCUT2D eigenvalue weighted by Gasteiger charge is -2.29. The number of carbonyl (C=O) groups is 2. The molecule has 0 saturated carbocycles. The number of carbonyl (C=O) groups excluding carboxylic acids is 1. The van der Waals surface area contributed by atoms with Crippen molar-refractivity contribution in [1.29, 1.82) is 0 Å². The van der Waals surface area contributed by atoms with Crippen molar-refractivity contribution in [1.82, 2.24) is 5.01 Å². The van der Waals surface area contributed by atoms with Crippen LogP contribution in [0.3, 0.4) is 0 Å². The Morgan fingerprint density at radius 2 is 1.81 bits per heavy atom. The Kier molecular flexibility index (Phi) is 5.07. The topological polar surface area (TPSA) is 113 Å². The highest BCUT2D eigenvalue weighted by atomic mass is 35.5. The zero-order chi connectivity index (χ0) is 19.7. The summed E-state index contributed by atoms with van der Waals surface area (Å²) in [7, 11) is 0. The number of halogens is 1. The maximum atomic E-state index is 13.4. The molecule has 27 heavy (non-hydrogen) atoms. The first-order valence-electron chi connectivity index (χ1n) is 8.22. The summed E-state index contributed by atoms with van der Waals surface area (Å²) in [4.78, 5) is 26.2. The van der Waals surface area contributed by atoms with E-state index in [1.54, 1.807) is 55.5 Å². The Bertz CT molecular complexity index is 923. The Hall–Kier alpha value is -3.03. The van der Waals surface area contributed by atoms with Gasteiger partial charge in [-0.25, -0.2) is 5.84 Å². The Labute approximate surface area is 161 Å². The quantitative estimate of drug-likeness (QED) is 0.699. The summed E-state index contributed by atoms with van der Waals surface area (Å²) in [5.74, 6) is 4.60. The number of nitrogens with zero attached hydrogens (tertiary/aromatic N) is 2. The summed E-state index contributed by atoms with van der Waals surface area (Å²) < 4.78 is 0. The largest absolute Gasteiger partial charge is 0.481 e. The number of amides is 1. The minimum Gasteiger partial charge on any atom is -0.481 e. The smallest absolute Gasteiger partial charge is 0.306 e. The van der Waals surface area contributed by atoms with Gasteiger partial charge >= 0.3 is 5.97 Å². The van der Waals surface area contributed by atoms with E-state index < -0.39 is 24.3 Å². The van der Waals surface area contributed by atoms with E-state index in [9.17, 15) is 14.7 Å². The third-order valence-electron chi connectivity index (χ3n) is 4.33. The zero-order valence-corrected chi connectivity index (χ0v) is 15.3. The fourth-order valence-electron chi connectivity index (χ4n) is 3.17. The summed E-state index contributed by atoms with van der Waals surface area (Å²) in [6, 6.07) is 12.7. The second-order valence-electron chi connectivity index (χ2n) is 6.22. The van der Waals surface area contributed by atoms with Gasteiger partial charge in [0.05, 0.1) is 17.8 Å². The van der Waals surface area contributed by atoms with Gasteiger partial charge in [-0.15, -0.1) is 0 Å². The van der Waals surface area contributed by atoms with Crippen LogP contribution in [0.5, 0.6) is 0 Å². The molecule has 0 aliphatic carbocycles. The number of nitrogens with two attached hydrogens (primary N) is 2. The summed E-state index contributed by atoms with van der Waals surface area (Å²) in [6.45, 7) is 1.66. The molecule has 7 nitrogen and oxygen atoms in total. The number of anilines is 2. The highest BCUT2D eigenvalue weighted by molar-refractivity contribution is 6.30. The van der Waals surface area contributed by atoms with Gasteiger partial charge in [-0.1, -0.05) is 29.8 Å². The van der Waals surface area contributed by atoms with E-state index in [2.05, 4.69) is 0 Å². The molecule has 1 atom stereocenters. The minimum atomic E-state index is -1.14. The van der Waals surface area contributed by atoms with Crippen molar-refractivity contribution in [2.75, 3.05) is 4.90 Å². The van der Waals surface area contributed by atoms with Crippen LogP contribution < -0.4 is 16.5 Å². The van der Waals surface area contributed by atoms with Crippen LogP contribution in [-0.2, 0) is 9.59 Å². The van der Waals surface area contributed by atoms with Crippen LogP contribution in [0, 0.1) is 0 Å². The van der Waals surface area contributed by atoms with Gasteiger partial charge < -0.3 is 10.8 Å². The molecule has 0 spiro atoms. The SMILES string of the molecule is C/C(N)=C1\c2ccccc2N(c2ccc(Cl)cc2)C(=O)C(CC(=O)O)N1N. The molecule has 0 radical (unpaired) electrons. The predicted molar refractivity (Wildman–Crippen MR) is 104 cm³/mol. The number of aliphatic carboxylic acids is 1. The van der Waals surface area contributed by atoms with Crippen LogP contribution in [-0.4, -0.2) is 28.0 Å². The Balaban J connectivity index is 2.28. The second kappa shape index (κ2) is 7.30. The fraction of sp³-hybridized carbons (Fsp3) is 0.158. The lowest BCUT2D eigenvalue weighted by atomic mass is 10.1. The molecule has 0 bridgehead atoms. The van der Waals surface area contributed by atoms with Gasteiger partial charge in [0.1, 0.15) is 6.04 Å². The van der Waals surface area contributed by atoms with E-state index >= 15 is 0 Å². The summed E-state index contributed by atoms with van der Waals surface area (Å²) >= 11 is 5.97. The van der Waals surface area contributed by atoms with E-state index in [1.165, 1.54) is 4.90 Å². The standard InChI is InChI=1S/C19H19ClN4O3/c1-11(21)18-14-4-2-3-5-15(14)23(13-8-6-12(20)7-9-13)19(27)16(24(18)22)10-17(25)26/h2-9,16H,10,21-22H2,1H3,(H,25,26)/b18-11-. The molecular formula is C19H19ClN4O3. The number of hydrazine groups is 1. The van der Waals surface area contributed by atoms with Gasteiger partial charge in [0, 0.05) is 22.0 Å². The number of para-hydroxylation sites is 1. The molecule has 0 fully saturated rings. The molecule has 2 aromatic rings. The molecule has 0 saturated heterocycles. The van der Waals surface area contributed by atoms with Crippen LogP contribution in [0.1, 0.15) is 18.9 Å². The lowest BCUT2D eigenvalue weighted by molar-refractivity contribution is -0.140. The molecule has 8 heteroatoms. The average molecular weight is 387 g/mol. The Morgan fingerprint density at radius 3 is 2.41 bits per heavy atom. The van der Waals surface area contributed by atoms with Gasteiger partial charge in [0.2, 0.25) is 0 Å². The van der Waals surface area contributed by atoms with Gasteiger partial charge in [0.15, 0.2) is 0 Å². The number of hydrogen-bond donors (Lipinski definition) is 3. The van der Waals surface area contributed by atoms with E-state index in [0.717, 1.165) is 5.01 Å². The summed E-state index contributed by atoms with van der Waals surface area (Å²) in [5.41, 5.74) is 8.60. The van der Waals surface area contributed by atoms with Crippen molar-refractivity contribution in [2.24, 2.45) is 11.6 Å². The van der Waals surface area contributed by atoms with E-state index in [-0.39, 0.29) is 0 Å². The molecule has 0 aromatic heterocycles. The fourth-order valence-corrected chi connectivity index (χ4v) is 3.30. The van der Waals surface area contributed by atoms with E-state index in [1.807, 2.05) is 0 Å². The monoisotopic (exact) mass is 386 g/mol. The van der Waals surface area contributed by atoms with Gasteiger partial charge in [-0.2, -0.15) is 0 Å². The molecular weight excluding hydrogens is 368 g/mol. The lowest BCUT2D eigenvalue weighted by Crippen LogP contribution is -2.49. The van der Waals surface area contributed by atoms with Crippen molar-refractivity contribution in [3.8, 4) is 0 Å². The molecule has 1 aliphatic heterocycles. The normalized spacial score (nSPS) is 18.8. The Morgan fingerprint density at radius 1 is 1.19 bits per heavy atom. The highest BCUT2D eigenvalue weighted by Crippen LogP contribution is 2.39. The first-order chi connectivity index (χ1) is 12.8. The van der Waals surface area contributed by atoms with Crippen LogP contribution in [0.2, 0.25) is 5.02 Å². The molecule has 140 valence electrons. The van der Waals surface area contributed by atoms with Gasteiger partial charge in [-0.3, -0.25) is 19.5 Å². The van der Waals surface area contributed by atoms with Crippen LogP contribution in [0.25, 0.3) is 5.70 Å². The molecule has 3 rings (SSSR count). The van der Waals surface area contributed by atoms with Crippen molar-refractivity contribution in [3.05, 3.63) is 64.8 Å². The minimum absolute atomic E-state index is 0.381. The zero-order valence-electron chi connectivity index (χ0n) is 14.6. The number of allylic oxidation sites excluding steroid dienone is 1. The number of hydrogen-bond acceptors (Lipinski definition) is 5. The first kappa shape index (κ1) is 18.8. The molecule has 1 unspecified atom stereocenters. The van der Waals surface area contributed by atoms with Crippen LogP contribution >= 0.6 is 11.6 Å². The van der Waals surface area contributed by atoms with Gasteiger partial charge in [0.25, 0.3) is 5.91 Å². The number of carboxylic acid groups (broad SMARTS) is 1. The number of carboxylic acids is 1. The highest BCUT2D eigenvalue weighted by Gasteiger charge is 2.39. The number of rotatable bonds is 3. The maximum absolute atomic E-state index is 13.4. The van der Waals surface area contributed by atoms with Crippen molar-refractivity contribution < 1.29 is 14.7 Å². The van der Waals surface area contributed by atoms with Crippen molar-refractivity contribution in [3.63, 3.8) is 0 Å². The van der Waals surface area contributed by atoms with Crippen molar-refractivity contribution in [2.45, 2.75) is 19.4 Å². The van der Waals surface area contributed by atoms with Crippen LogP contribution in [0.4, 0.5) is 11.4 Å². The molecule has 2 aromatic carbocycles. The number of fused-ring (bicyclic) bond motifs is 1. The molecule has 5 N–H and O–H groups in total. The van der Waals surface area contributed by atoms with E-state index in [0.29, 0.717) is 33.4 Å². The van der Waals surface area contributed by atoms with Gasteiger partial charge in [-0.05, 0) is 37.3 Å². The number of benzene rings is 2.